The molecule has 1 aliphatic rings. The maximum Gasteiger partial charge on any atom is 0.327 e. The van der Waals surface area contributed by atoms with Gasteiger partial charge in [0.1, 0.15) is 18.1 Å². The summed E-state index contributed by atoms with van der Waals surface area (Å²) >= 11 is 5.39. The summed E-state index contributed by atoms with van der Waals surface area (Å²) in [5.74, 6) is -4.58. The van der Waals surface area contributed by atoms with Crippen molar-refractivity contribution in [2.24, 2.45) is 11.7 Å². The van der Waals surface area contributed by atoms with Crippen molar-refractivity contribution in [1.29, 1.82) is 0 Å². The largest absolute Gasteiger partial charge is 0.480 e. The fraction of sp³-hybridized carbons (Fsp3) is 0.708. The second kappa shape index (κ2) is 18.4. The Morgan fingerprint density at radius 3 is 2.10 bits per heavy atom. The number of nitrogens with two attached hydrogens (primary N) is 1. The van der Waals surface area contributed by atoms with Crippen LogP contribution in [0.15, 0.2) is 0 Å². The normalized spacial score (nSPS) is 16.7. The lowest BCUT2D eigenvalue weighted by molar-refractivity contribution is -0.141. The molecule has 0 unspecified atom stereocenters. The van der Waals surface area contributed by atoms with Crippen LogP contribution < -0.4 is 32.3 Å². The number of nitrogens with zero attached hydrogens (tertiary/aromatic N) is 1. The molecule has 17 heteroatoms. The zero-order valence-corrected chi connectivity index (χ0v) is 25.1. The van der Waals surface area contributed by atoms with Gasteiger partial charge in [-0.3, -0.25) is 28.8 Å². The maximum absolute atomic E-state index is 13.0. The Labute approximate surface area is 248 Å². The highest BCUT2D eigenvalue weighted by Gasteiger charge is 2.38. The van der Waals surface area contributed by atoms with Crippen molar-refractivity contribution in [1.82, 2.24) is 31.5 Å². The van der Waals surface area contributed by atoms with Gasteiger partial charge in [0, 0.05) is 12.3 Å². The van der Waals surface area contributed by atoms with E-state index in [-0.39, 0.29) is 17.6 Å². The molecule has 1 rings (SSSR count). The number of thioether (sulfide) groups is 1. The second-order valence-corrected chi connectivity index (χ2v) is 11.1. The number of hydrogen-bond acceptors (Lipinski definition) is 10. The fourth-order valence-corrected chi connectivity index (χ4v) is 4.60. The smallest absolute Gasteiger partial charge is 0.327 e. The highest BCUT2D eigenvalue weighted by molar-refractivity contribution is 7.98. The Kier molecular flexibility index (Phi) is 16.1. The number of hydrogen-bond donors (Lipinski definition) is 8. The van der Waals surface area contributed by atoms with Crippen molar-refractivity contribution < 1.29 is 38.7 Å². The van der Waals surface area contributed by atoms with Gasteiger partial charge in [0.2, 0.25) is 35.4 Å². The first-order valence-electron chi connectivity index (χ1n) is 13.1. The van der Waals surface area contributed by atoms with Gasteiger partial charge in [0.15, 0.2) is 0 Å². The van der Waals surface area contributed by atoms with Crippen LogP contribution in [-0.2, 0) is 33.6 Å². The van der Waals surface area contributed by atoms with E-state index in [0.29, 0.717) is 31.6 Å². The molecule has 0 saturated carbocycles. The first-order chi connectivity index (χ1) is 19.3. The lowest BCUT2D eigenvalue weighted by atomic mass is 10.0. The topological polar surface area (TPSA) is 229 Å². The predicted molar refractivity (Wildman–Crippen MR) is 155 cm³/mol. The Hall–Kier alpha value is -3.05. The number of aliphatic carboxylic acids is 1. The molecule has 6 amide bonds. The number of nitrogens with one attached hydrogen (secondary N) is 5. The molecular weight excluding hydrogens is 578 g/mol. The van der Waals surface area contributed by atoms with Crippen molar-refractivity contribution >= 4 is 65.8 Å². The van der Waals surface area contributed by atoms with Crippen molar-refractivity contribution in [2.45, 2.75) is 57.3 Å². The number of carboxylic acids is 1. The third-order valence-electron chi connectivity index (χ3n) is 6.17. The summed E-state index contributed by atoms with van der Waals surface area (Å²) in [6.45, 7) is 2.36. The number of carbonyl (C=O) groups excluding carboxylic acids is 6. The average molecular weight is 620 g/mol. The van der Waals surface area contributed by atoms with Crippen LogP contribution in [0.2, 0.25) is 0 Å². The van der Waals surface area contributed by atoms with E-state index in [1.165, 1.54) is 4.90 Å². The molecule has 0 spiro atoms. The third kappa shape index (κ3) is 12.6. The number of rotatable bonds is 17. The number of likely N-dealkylation sites (tertiary alicyclic amines) is 1. The first kappa shape index (κ1) is 36.0. The zero-order chi connectivity index (χ0) is 31.1. The van der Waals surface area contributed by atoms with Crippen LogP contribution in [0.25, 0.3) is 0 Å². The first-order valence-corrected chi connectivity index (χ1v) is 15.1. The SMILES string of the molecule is CSCC[C@H](N)C(=O)N1CCC[C@H]1C(=O)N[C@H](C(=O)NCC(=O)NCC(=O)NCC(=O)N[C@@H](CS)C(=O)O)C(C)C. The number of carboxylic acid groups (broad SMARTS) is 1. The molecule has 0 aromatic rings. The van der Waals surface area contributed by atoms with E-state index < -0.39 is 79.3 Å². The third-order valence-corrected chi connectivity index (χ3v) is 7.18. The van der Waals surface area contributed by atoms with E-state index >= 15 is 0 Å². The molecule has 0 aromatic heterocycles. The van der Waals surface area contributed by atoms with E-state index in [1.807, 2.05) is 6.26 Å². The zero-order valence-electron chi connectivity index (χ0n) is 23.4. The molecule has 41 heavy (non-hydrogen) atoms. The van der Waals surface area contributed by atoms with Gasteiger partial charge in [-0.25, -0.2) is 4.79 Å². The van der Waals surface area contributed by atoms with Crippen LogP contribution in [0.1, 0.15) is 33.1 Å². The molecule has 232 valence electrons. The summed E-state index contributed by atoms with van der Waals surface area (Å²) in [5, 5.41) is 20.7. The lowest BCUT2D eigenvalue weighted by Crippen LogP contribution is -2.57. The number of carbonyl (C=O) groups is 7. The van der Waals surface area contributed by atoms with E-state index in [2.05, 4.69) is 39.2 Å². The Bertz CT molecular complexity index is 968. The molecule has 1 fully saturated rings. The van der Waals surface area contributed by atoms with E-state index in [0.717, 1.165) is 0 Å². The molecule has 0 radical (unpaired) electrons. The van der Waals surface area contributed by atoms with Crippen molar-refractivity contribution in [3.8, 4) is 0 Å². The standard InChI is InChI=1S/C24H41N7O8S2/c1-13(2)20(30-21(35)16-5-4-7-31(16)23(37)14(25)6-8-41-3)22(36)28-10-18(33)26-9-17(32)27-11-19(34)29-15(12-40)24(38)39/h13-16,20,40H,4-12,25H2,1-3H3,(H,26,33)(H,27,32)(H,28,36)(H,29,34)(H,30,35)(H,38,39)/t14-,15-,16-,20-/m0/s1. The lowest BCUT2D eigenvalue weighted by Gasteiger charge is -2.29. The van der Waals surface area contributed by atoms with Gasteiger partial charge >= 0.3 is 5.97 Å². The summed E-state index contributed by atoms with van der Waals surface area (Å²) in [4.78, 5) is 86.7. The maximum atomic E-state index is 13.0. The van der Waals surface area contributed by atoms with Crippen molar-refractivity contribution in [3.63, 3.8) is 0 Å². The van der Waals surface area contributed by atoms with Gasteiger partial charge in [-0.05, 0) is 37.2 Å². The van der Waals surface area contributed by atoms with Crippen molar-refractivity contribution in [3.05, 3.63) is 0 Å². The summed E-state index contributed by atoms with van der Waals surface area (Å²) in [7, 11) is 0. The van der Waals surface area contributed by atoms with Crippen LogP contribution >= 0.6 is 24.4 Å². The molecule has 1 saturated heterocycles. The van der Waals surface area contributed by atoms with Crippen molar-refractivity contribution in [2.75, 3.05) is 43.9 Å². The minimum atomic E-state index is -1.27. The van der Waals surface area contributed by atoms with Gasteiger partial charge < -0.3 is 42.3 Å². The molecule has 1 heterocycles. The van der Waals surface area contributed by atoms with Gasteiger partial charge in [-0.1, -0.05) is 13.8 Å². The van der Waals surface area contributed by atoms with E-state index in [9.17, 15) is 33.6 Å². The Morgan fingerprint density at radius 1 is 0.976 bits per heavy atom. The number of thiol groups is 1. The molecule has 0 aliphatic carbocycles. The van der Waals surface area contributed by atoms with Crippen LogP contribution in [0.4, 0.5) is 0 Å². The second-order valence-electron chi connectivity index (χ2n) is 9.72. The minimum Gasteiger partial charge on any atom is -0.480 e. The Balaban J connectivity index is 2.53. The predicted octanol–water partition coefficient (Wildman–Crippen LogP) is -2.95. The fourth-order valence-electron chi connectivity index (χ4n) is 3.86. The quantitative estimate of drug-likeness (QED) is 0.0772. The van der Waals surface area contributed by atoms with E-state index in [1.54, 1.807) is 25.6 Å². The highest BCUT2D eigenvalue weighted by atomic mass is 32.2. The summed E-state index contributed by atoms with van der Waals surface area (Å²) in [5.41, 5.74) is 6.01. The highest BCUT2D eigenvalue weighted by Crippen LogP contribution is 2.20. The molecule has 4 atom stereocenters. The molecule has 0 aromatic carbocycles. The summed E-state index contributed by atoms with van der Waals surface area (Å²) in [6.07, 6.45) is 3.48. The molecule has 1 aliphatic heterocycles. The molecule has 0 bridgehead atoms. The van der Waals surface area contributed by atoms with Crippen LogP contribution in [0.3, 0.4) is 0 Å². The summed E-state index contributed by atoms with van der Waals surface area (Å²) in [6, 6.07) is -3.64. The minimum absolute atomic E-state index is 0.135. The number of amides is 6. The van der Waals surface area contributed by atoms with Gasteiger partial charge in [0.25, 0.3) is 0 Å². The van der Waals surface area contributed by atoms with Crippen LogP contribution in [-0.4, -0.2) is 120 Å². The Morgan fingerprint density at radius 2 is 1.56 bits per heavy atom. The van der Waals surface area contributed by atoms with Gasteiger partial charge in [-0.2, -0.15) is 24.4 Å². The average Bonchev–Trinajstić information content (AvgIpc) is 3.43. The summed E-state index contributed by atoms with van der Waals surface area (Å²) < 4.78 is 0. The molecular formula is C24H41N7O8S2. The molecule has 8 N–H and O–H groups in total. The molecule has 15 nitrogen and oxygen atoms in total. The van der Waals surface area contributed by atoms with E-state index in [4.69, 9.17) is 10.8 Å². The van der Waals surface area contributed by atoms with Crippen LogP contribution in [0, 0.1) is 5.92 Å². The van der Waals surface area contributed by atoms with Gasteiger partial charge in [-0.15, -0.1) is 0 Å². The monoisotopic (exact) mass is 619 g/mol. The van der Waals surface area contributed by atoms with Gasteiger partial charge in [0.05, 0.1) is 25.7 Å². The van der Waals surface area contributed by atoms with Crippen LogP contribution in [0.5, 0.6) is 0 Å².